The molecule has 0 radical (unpaired) electrons. The molecule has 1 saturated heterocycles. The second-order valence-corrected chi connectivity index (χ2v) is 6.35. The number of ether oxygens (including phenoxy) is 2. The zero-order chi connectivity index (χ0) is 18.7. The number of oxazole rings is 1. The summed E-state index contributed by atoms with van der Waals surface area (Å²) >= 11 is 0. The number of benzene rings is 1. The molecule has 1 fully saturated rings. The first kappa shape index (κ1) is 18.3. The highest BCUT2D eigenvalue weighted by Gasteiger charge is 2.22. The second kappa shape index (κ2) is 7.78. The van der Waals surface area contributed by atoms with Gasteiger partial charge < -0.3 is 18.8 Å². The standard InChI is InChI=1S/C19H25N3O4/c1-13-16(12-21-8-10-22(11-9-21)14(2)23)20-19(26-13)15-6-5-7-17(24-3)18(15)25-4/h5-7H,8-12H2,1-4H3. The van der Waals surface area contributed by atoms with Crippen LogP contribution >= 0.6 is 0 Å². The van der Waals surface area contributed by atoms with Gasteiger partial charge in [-0.25, -0.2) is 4.98 Å². The van der Waals surface area contributed by atoms with E-state index in [1.54, 1.807) is 21.1 Å². The number of amides is 1. The van der Waals surface area contributed by atoms with Crippen LogP contribution in [0.1, 0.15) is 18.4 Å². The van der Waals surface area contributed by atoms with Crippen LogP contribution in [0.5, 0.6) is 11.5 Å². The lowest BCUT2D eigenvalue weighted by Gasteiger charge is -2.33. The fourth-order valence-corrected chi connectivity index (χ4v) is 3.18. The predicted molar refractivity (Wildman–Crippen MR) is 97.3 cm³/mol. The molecule has 1 aromatic carbocycles. The van der Waals surface area contributed by atoms with Crippen LogP contribution in [0.15, 0.2) is 22.6 Å². The summed E-state index contributed by atoms with van der Waals surface area (Å²) in [6.07, 6.45) is 0. The van der Waals surface area contributed by atoms with Crippen LogP contribution in [0.2, 0.25) is 0 Å². The minimum Gasteiger partial charge on any atom is -0.493 e. The number of carbonyl (C=O) groups excluding carboxylic acids is 1. The highest BCUT2D eigenvalue weighted by atomic mass is 16.5. The van der Waals surface area contributed by atoms with E-state index in [0.29, 0.717) is 23.9 Å². The molecule has 0 spiro atoms. The van der Waals surface area contributed by atoms with Gasteiger partial charge in [-0.15, -0.1) is 0 Å². The molecule has 26 heavy (non-hydrogen) atoms. The van der Waals surface area contributed by atoms with Crippen LogP contribution in [0, 0.1) is 6.92 Å². The molecule has 0 saturated carbocycles. The van der Waals surface area contributed by atoms with Crippen molar-refractivity contribution in [2.75, 3.05) is 40.4 Å². The van der Waals surface area contributed by atoms with Gasteiger partial charge in [-0.2, -0.15) is 0 Å². The molecule has 7 heteroatoms. The van der Waals surface area contributed by atoms with Crippen molar-refractivity contribution in [3.05, 3.63) is 29.7 Å². The Bertz CT molecular complexity index is 779. The largest absolute Gasteiger partial charge is 0.493 e. The Hall–Kier alpha value is -2.54. The highest BCUT2D eigenvalue weighted by molar-refractivity contribution is 5.73. The van der Waals surface area contributed by atoms with E-state index in [9.17, 15) is 4.79 Å². The van der Waals surface area contributed by atoms with Gasteiger partial charge >= 0.3 is 0 Å². The number of methoxy groups -OCH3 is 2. The number of hydrogen-bond acceptors (Lipinski definition) is 6. The zero-order valence-electron chi connectivity index (χ0n) is 15.7. The van der Waals surface area contributed by atoms with Gasteiger partial charge in [-0.3, -0.25) is 9.69 Å². The van der Waals surface area contributed by atoms with Crippen molar-refractivity contribution in [3.8, 4) is 23.0 Å². The normalized spacial score (nSPS) is 15.2. The second-order valence-electron chi connectivity index (χ2n) is 6.35. The molecule has 0 N–H and O–H groups in total. The number of para-hydroxylation sites is 1. The summed E-state index contributed by atoms with van der Waals surface area (Å²) < 4.78 is 16.7. The Morgan fingerprint density at radius 2 is 1.92 bits per heavy atom. The number of carbonyl (C=O) groups is 1. The van der Waals surface area contributed by atoms with Crippen molar-refractivity contribution in [2.24, 2.45) is 0 Å². The molecule has 1 aliphatic rings. The van der Waals surface area contributed by atoms with E-state index < -0.39 is 0 Å². The lowest BCUT2D eigenvalue weighted by Crippen LogP contribution is -2.47. The minimum absolute atomic E-state index is 0.134. The fraction of sp³-hybridized carbons (Fsp3) is 0.474. The van der Waals surface area contributed by atoms with Gasteiger partial charge in [0.05, 0.1) is 25.5 Å². The smallest absolute Gasteiger partial charge is 0.230 e. The van der Waals surface area contributed by atoms with Crippen LogP contribution in [-0.4, -0.2) is 61.1 Å². The van der Waals surface area contributed by atoms with Crippen LogP contribution in [-0.2, 0) is 11.3 Å². The first-order valence-corrected chi connectivity index (χ1v) is 8.69. The SMILES string of the molecule is COc1cccc(-c2nc(CN3CCN(C(C)=O)CC3)c(C)o2)c1OC. The molecule has 2 heterocycles. The van der Waals surface area contributed by atoms with E-state index in [4.69, 9.17) is 13.9 Å². The highest BCUT2D eigenvalue weighted by Crippen LogP contribution is 2.38. The quantitative estimate of drug-likeness (QED) is 0.816. The number of aryl methyl sites for hydroxylation is 1. The average molecular weight is 359 g/mol. The van der Waals surface area contributed by atoms with Crippen molar-refractivity contribution < 1.29 is 18.7 Å². The Balaban J connectivity index is 1.77. The first-order valence-electron chi connectivity index (χ1n) is 8.69. The van der Waals surface area contributed by atoms with Crippen LogP contribution in [0.4, 0.5) is 0 Å². The number of piperazine rings is 1. The van der Waals surface area contributed by atoms with E-state index in [0.717, 1.165) is 43.2 Å². The van der Waals surface area contributed by atoms with Gasteiger partial charge in [0.15, 0.2) is 11.5 Å². The Morgan fingerprint density at radius 1 is 1.19 bits per heavy atom. The van der Waals surface area contributed by atoms with Gasteiger partial charge in [-0.05, 0) is 19.1 Å². The molecule has 1 aromatic heterocycles. The molecule has 7 nitrogen and oxygen atoms in total. The molecule has 140 valence electrons. The Labute approximate surface area is 153 Å². The third-order valence-corrected chi connectivity index (χ3v) is 4.72. The predicted octanol–water partition coefficient (Wildman–Crippen LogP) is 2.33. The third-order valence-electron chi connectivity index (χ3n) is 4.72. The summed E-state index contributed by atoms with van der Waals surface area (Å²) in [7, 11) is 3.21. The summed E-state index contributed by atoms with van der Waals surface area (Å²) in [6, 6.07) is 5.63. The topological polar surface area (TPSA) is 68.0 Å². The average Bonchev–Trinajstić information content (AvgIpc) is 3.01. The lowest BCUT2D eigenvalue weighted by molar-refractivity contribution is -0.130. The molecule has 0 aliphatic carbocycles. The van der Waals surface area contributed by atoms with Gasteiger partial charge in [0, 0.05) is 39.6 Å². The van der Waals surface area contributed by atoms with Crippen LogP contribution < -0.4 is 9.47 Å². The Kier molecular flexibility index (Phi) is 5.46. The molecule has 0 unspecified atom stereocenters. The number of aromatic nitrogens is 1. The van der Waals surface area contributed by atoms with Gasteiger partial charge in [-0.1, -0.05) is 6.07 Å². The van der Waals surface area contributed by atoms with Gasteiger partial charge in [0.25, 0.3) is 0 Å². The van der Waals surface area contributed by atoms with Gasteiger partial charge in [0.1, 0.15) is 5.76 Å². The molecular formula is C19H25N3O4. The maximum Gasteiger partial charge on any atom is 0.230 e. The lowest BCUT2D eigenvalue weighted by atomic mass is 10.2. The van der Waals surface area contributed by atoms with Crippen molar-refractivity contribution in [2.45, 2.75) is 20.4 Å². The third kappa shape index (κ3) is 3.67. The summed E-state index contributed by atoms with van der Waals surface area (Å²) in [6.45, 7) is 7.42. The monoisotopic (exact) mass is 359 g/mol. The van der Waals surface area contributed by atoms with Crippen LogP contribution in [0.25, 0.3) is 11.5 Å². The van der Waals surface area contributed by atoms with E-state index in [1.807, 2.05) is 30.0 Å². The molecule has 0 bridgehead atoms. The summed E-state index contributed by atoms with van der Waals surface area (Å²) in [5.41, 5.74) is 1.67. The Morgan fingerprint density at radius 3 is 2.54 bits per heavy atom. The van der Waals surface area contributed by atoms with Crippen molar-refractivity contribution in [1.82, 2.24) is 14.8 Å². The minimum atomic E-state index is 0.134. The number of rotatable bonds is 5. The first-order chi connectivity index (χ1) is 12.5. The van der Waals surface area contributed by atoms with Crippen molar-refractivity contribution in [1.29, 1.82) is 0 Å². The van der Waals surface area contributed by atoms with E-state index >= 15 is 0 Å². The maximum atomic E-state index is 11.4. The summed E-state index contributed by atoms with van der Waals surface area (Å²) in [5, 5.41) is 0. The van der Waals surface area contributed by atoms with E-state index in [1.165, 1.54) is 0 Å². The molecule has 0 atom stereocenters. The zero-order valence-corrected chi connectivity index (χ0v) is 15.7. The van der Waals surface area contributed by atoms with Gasteiger partial charge in [0.2, 0.25) is 11.8 Å². The van der Waals surface area contributed by atoms with E-state index in [-0.39, 0.29) is 5.91 Å². The maximum absolute atomic E-state index is 11.4. The number of hydrogen-bond donors (Lipinski definition) is 0. The van der Waals surface area contributed by atoms with E-state index in [2.05, 4.69) is 9.88 Å². The molecular weight excluding hydrogens is 334 g/mol. The summed E-state index contributed by atoms with van der Waals surface area (Å²) in [5.74, 6) is 2.70. The summed E-state index contributed by atoms with van der Waals surface area (Å²) in [4.78, 5) is 20.3. The van der Waals surface area contributed by atoms with Crippen LogP contribution in [0.3, 0.4) is 0 Å². The molecule has 1 aliphatic heterocycles. The fourth-order valence-electron chi connectivity index (χ4n) is 3.18. The van der Waals surface area contributed by atoms with Crippen molar-refractivity contribution in [3.63, 3.8) is 0 Å². The number of nitrogens with zero attached hydrogens (tertiary/aromatic N) is 3. The molecule has 3 rings (SSSR count). The molecule has 2 aromatic rings. The van der Waals surface area contributed by atoms with Crippen molar-refractivity contribution >= 4 is 5.91 Å². The molecule has 1 amide bonds.